The van der Waals surface area contributed by atoms with Gasteiger partial charge in [0.25, 0.3) is 0 Å². The maximum Gasteiger partial charge on any atom is 0.203 e. The molecule has 0 saturated heterocycles. The normalized spacial score (nSPS) is 14.1. The smallest absolute Gasteiger partial charge is 0.203 e. The van der Waals surface area contributed by atoms with E-state index in [2.05, 4.69) is 14.9 Å². The molecule has 3 aromatic rings. The number of ketones is 2. The number of H-pyrrole nitrogens is 2. The number of phenolic OH excluding ortho intramolecular Hbond substituents is 1. The number of Topliss-reactive ketones (excluding diaryl/α,β-unsaturated/α-hetero) is 1. The first-order valence-electron chi connectivity index (χ1n) is 10.4. The maximum atomic E-state index is 13.4. The molecule has 0 atom stereocenters. The average molecular weight is 421 g/mol. The summed E-state index contributed by atoms with van der Waals surface area (Å²) in [5, 5.41) is 11.8. The Bertz CT molecular complexity index is 1200. The van der Waals surface area contributed by atoms with Gasteiger partial charge in [0.2, 0.25) is 5.78 Å². The van der Waals surface area contributed by atoms with Gasteiger partial charge in [0.1, 0.15) is 5.75 Å². The van der Waals surface area contributed by atoms with E-state index in [1.807, 2.05) is 45.4 Å². The van der Waals surface area contributed by atoms with Gasteiger partial charge in [0.15, 0.2) is 5.78 Å². The number of carbonyl (C=O) groups excluding carboxylic acids is 2. The van der Waals surface area contributed by atoms with Gasteiger partial charge in [0, 0.05) is 47.5 Å². The SMILES string of the molecule is CN(C)CCc1c[nH]c2c1C(=O)C(c1ccc3[nH]cc(CCN(C)C)c3c1O)=CC2=O. The Morgan fingerprint density at radius 3 is 2.23 bits per heavy atom. The number of aromatic hydroxyl groups is 1. The molecule has 4 rings (SSSR count). The van der Waals surface area contributed by atoms with Crippen LogP contribution in [-0.2, 0) is 12.8 Å². The van der Waals surface area contributed by atoms with Crippen molar-refractivity contribution in [3.05, 3.63) is 58.6 Å². The van der Waals surface area contributed by atoms with Crippen LogP contribution < -0.4 is 0 Å². The van der Waals surface area contributed by atoms with Crippen LogP contribution in [0, 0.1) is 0 Å². The number of aromatic nitrogens is 2. The molecule has 3 N–H and O–H groups in total. The summed E-state index contributed by atoms with van der Waals surface area (Å²) in [7, 11) is 7.93. The van der Waals surface area contributed by atoms with E-state index in [1.165, 1.54) is 6.08 Å². The van der Waals surface area contributed by atoms with Crippen molar-refractivity contribution in [3.8, 4) is 5.75 Å². The second kappa shape index (κ2) is 8.17. The number of rotatable bonds is 7. The largest absolute Gasteiger partial charge is 0.507 e. The summed E-state index contributed by atoms with van der Waals surface area (Å²) < 4.78 is 0. The summed E-state index contributed by atoms with van der Waals surface area (Å²) in [4.78, 5) is 36.5. The Labute approximate surface area is 181 Å². The number of carbonyl (C=O) groups is 2. The highest BCUT2D eigenvalue weighted by atomic mass is 16.3. The molecule has 0 fully saturated rings. The van der Waals surface area contributed by atoms with E-state index in [-0.39, 0.29) is 22.9 Å². The minimum Gasteiger partial charge on any atom is -0.507 e. The summed E-state index contributed by atoms with van der Waals surface area (Å²) in [5.41, 5.74) is 3.99. The second-order valence-corrected chi connectivity index (χ2v) is 8.62. The summed E-state index contributed by atoms with van der Waals surface area (Å²) in [6, 6.07) is 3.56. The van der Waals surface area contributed by atoms with E-state index in [0.717, 1.165) is 36.2 Å². The summed E-state index contributed by atoms with van der Waals surface area (Å²) in [5.74, 6) is -0.444. The van der Waals surface area contributed by atoms with Gasteiger partial charge in [-0.3, -0.25) is 9.59 Å². The van der Waals surface area contributed by atoms with Crippen molar-refractivity contribution in [2.24, 2.45) is 0 Å². The van der Waals surface area contributed by atoms with Crippen molar-refractivity contribution in [1.29, 1.82) is 0 Å². The molecule has 1 aromatic carbocycles. The molecule has 2 aromatic heterocycles. The van der Waals surface area contributed by atoms with Crippen LogP contribution >= 0.6 is 0 Å². The van der Waals surface area contributed by atoms with Gasteiger partial charge in [-0.15, -0.1) is 0 Å². The number of benzene rings is 1. The van der Waals surface area contributed by atoms with Crippen molar-refractivity contribution < 1.29 is 14.7 Å². The number of hydrogen-bond donors (Lipinski definition) is 3. The number of likely N-dealkylation sites (N-methyl/N-ethyl adjacent to an activating group) is 2. The number of nitrogens with one attached hydrogen (secondary N) is 2. The Morgan fingerprint density at radius 1 is 0.903 bits per heavy atom. The molecule has 31 heavy (non-hydrogen) atoms. The number of hydrogen-bond acceptors (Lipinski definition) is 5. The van der Waals surface area contributed by atoms with Crippen molar-refractivity contribution in [3.63, 3.8) is 0 Å². The fourth-order valence-electron chi connectivity index (χ4n) is 4.09. The molecule has 2 heterocycles. The summed E-state index contributed by atoms with van der Waals surface area (Å²) >= 11 is 0. The predicted octanol–water partition coefficient (Wildman–Crippen LogP) is 2.87. The molecular weight excluding hydrogens is 392 g/mol. The molecule has 0 spiro atoms. The molecule has 1 aliphatic rings. The number of allylic oxidation sites excluding steroid dienone is 2. The first kappa shape index (κ1) is 21.1. The Balaban J connectivity index is 1.76. The minimum absolute atomic E-state index is 0.0359. The molecule has 1 aliphatic carbocycles. The first-order valence-corrected chi connectivity index (χ1v) is 10.4. The molecule has 0 bridgehead atoms. The van der Waals surface area contributed by atoms with E-state index in [1.54, 1.807) is 12.3 Å². The lowest BCUT2D eigenvalue weighted by Crippen LogP contribution is -2.19. The molecule has 0 radical (unpaired) electrons. The van der Waals surface area contributed by atoms with E-state index in [9.17, 15) is 14.7 Å². The maximum absolute atomic E-state index is 13.4. The number of fused-ring (bicyclic) bond motifs is 2. The number of phenols is 1. The fourth-order valence-corrected chi connectivity index (χ4v) is 4.09. The molecule has 7 heteroatoms. The molecule has 0 saturated carbocycles. The average Bonchev–Trinajstić information content (AvgIpc) is 3.33. The van der Waals surface area contributed by atoms with Gasteiger partial charge in [-0.2, -0.15) is 0 Å². The third-order valence-electron chi connectivity index (χ3n) is 5.80. The fraction of sp³-hybridized carbons (Fsp3) is 0.333. The standard InChI is InChI=1S/C24H28N4O3/c1-27(2)9-7-14-12-25-18-6-5-16(23(30)20(14)18)17-11-19(29)22-21(24(17)31)15(13-26-22)8-10-28(3)4/h5-6,11-13,25-26,30H,7-10H2,1-4H3. The van der Waals surface area contributed by atoms with E-state index < -0.39 is 0 Å². The van der Waals surface area contributed by atoms with Crippen molar-refractivity contribution >= 4 is 28.0 Å². The van der Waals surface area contributed by atoms with Crippen molar-refractivity contribution in [2.45, 2.75) is 12.8 Å². The van der Waals surface area contributed by atoms with Crippen LogP contribution in [0.1, 0.15) is 37.5 Å². The van der Waals surface area contributed by atoms with Crippen LogP contribution in [0.5, 0.6) is 5.75 Å². The first-order chi connectivity index (χ1) is 14.8. The highest BCUT2D eigenvalue weighted by Crippen LogP contribution is 2.39. The summed E-state index contributed by atoms with van der Waals surface area (Å²) in [6.07, 6.45) is 6.39. The van der Waals surface area contributed by atoms with Gasteiger partial charge >= 0.3 is 0 Å². The zero-order valence-electron chi connectivity index (χ0n) is 18.4. The van der Waals surface area contributed by atoms with Crippen molar-refractivity contribution in [2.75, 3.05) is 41.3 Å². The molecule has 7 nitrogen and oxygen atoms in total. The Kier molecular flexibility index (Phi) is 5.56. The molecule has 0 amide bonds. The molecular formula is C24H28N4O3. The molecule has 0 aliphatic heterocycles. The quantitative estimate of drug-likeness (QED) is 0.547. The predicted molar refractivity (Wildman–Crippen MR) is 122 cm³/mol. The monoisotopic (exact) mass is 420 g/mol. The lowest BCUT2D eigenvalue weighted by atomic mass is 9.86. The Hall–Kier alpha value is -3.16. The van der Waals surface area contributed by atoms with Crippen LogP contribution in [0.2, 0.25) is 0 Å². The number of nitrogens with zero attached hydrogens (tertiary/aromatic N) is 2. The summed E-state index contributed by atoms with van der Waals surface area (Å²) in [6.45, 7) is 1.60. The van der Waals surface area contributed by atoms with E-state index in [0.29, 0.717) is 28.6 Å². The lowest BCUT2D eigenvalue weighted by Gasteiger charge is -2.16. The van der Waals surface area contributed by atoms with E-state index >= 15 is 0 Å². The van der Waals surface area contributed by atoms with Crippen LogP contribution in [-0.4, -0.2) is 77.7 Å². The lowest BCUT2D eigenvalue weighted by molar-refractivity contribution is 0.0998. The molecule has 0 unspecified atom stereocenters. The highest BCUT2D eigenvalue weighted by molar-refractivity contribution is 6.39. The van der Waals surface area contributed by atoms with Gasteiger partial charge in [0.05, 0.1) is 11.3 Å². The van der Waals surface area contributed by atoms with Gasteiger partial charge in [-0.1, -0.05) is 0 Å². The Morgan fingerprint density at radius 2 is 1.55 bits per heavy atom. The number of aromatic amines is 2. The van der Waals surface area contributed by atoms with E-state index in [4.69, 9.17) is 0 Å². The van der Waals surface area contributed by atoms with Crippen LogP contribution in [0.3, 0.4) is 0 Å². The minimum atomic E-state index is -0.248. The third kappa shape index (κ3) is 3.82. The van der Waals surface area contributed by atoms with Crippen LogP contribution in [0.4, 0.5) is 0 Å². The van der Waals surface area contributed by atoms with Crippen LogP contribution in [0.15, 0.2) is 30.6 Å². The van der Waals surface area contributed by atoms with Gasteiger partial charge < -0.3 is 24.9 Å². The van der Waals surface area contributed by atoms with Gasteiger partial charge in [-0.05, 0) is 70.4 Å². The van der Waals surface area contributed by atoms with Crippen LogP contribution in [0.25, 0.3) is 16.5 Å². The van der Waals surface area contributed by atoms with Gasteiger partial charge in [-0.25, -0.2) is 0 Å². The highest BCUT2D eigenvalue weighted by Gasteiger charge is 2.32. The zero-order chi connectivity index (χ0) is 22.3. The van der Waals surface area contributed by atoms with Crippen molar-refractivity contribution in [1.82, 2.24) is 19.8 Å². The third-order valence-corrected chi connectivity index (χ3v) is 5.80. The second-order valence-electron chi connectivity index (χ2n) is 8.62. The topological polar surface area (TPSA) is 92.4 Å². The zero-order valence-corrected chi connectivity index (χ0v) is 18.4. The molecule has 162 valence electrons.